The van der Waals surface area contributed by atoms with E-state index >= 15 is 0 Å². The summed E-state index contributed by atoms with van der Waals surface area (Å²) < 4.78 is 29.6. The van der Waals surface area contributed by atoms with E-state index in [1.807, 2.05) is 25.1 Å². The predicted molar refractivity (Wildman–Crippen MR) is 74.0 cm³/mol. The first kappa shape index (κ1) is 15.9. The lowest BCUT2D eigenvalue weighted by Gasteiger charge is -2.20. The topological polar surface area (TPSA) is 24.5 Å². The maximum Gasteiger partial charge on any atom is 0.255 e. The standard InChI is InChI=1S/C14H22F2N2O/c1-11-8-13(18(2)10-14(15)16)5-4-12(11)9-17-6-7-19-3/h4-5,8,14,17H,6-7,9-10H2,1-3H3. The second kappa shape index (κ2) is 8.07. The van der Waals surface area contributed by atoms with E-state index in [1.54, 1.807) is 19.1 Å². The largest absolute Gasteiger partial charge is 0.383 e. The minimum absolute atomic E-state index is 0.245. The minimum Gasteiger partial charge on any atom is -0.383 e. The maximum atomic E-state index is 12.3. The number of aryl methyl sites for hydroxylation is 1. The molecule has 3 nitrogen and oxygen atoms in total. The molecule has 1 aromatic rings. The van der Waals surface area contributed by atoms with E-state index in [-0.39, 0.29) is 6.54 Å². The van der Waals surface area contributed by atoms with Gasteiger partial charge in [0.25, 0.3) is 6.43 Å². The maximum absolute atomic E-state index is 12.3. The molecule has 0 fully saturated rings. The zero-order valence-corrected chi connectivity index (χ0v) is 11.7. The second-order valence-electron chi connectivity index (χ2n) is 4.55. The van der Waals surface area contributed by atoms with Crippen molar-refractivity contribution in [1.29, 1.82) is 0 Å². The van der Waals surface area contributed by atoms with Crippen LogP contribution < -0.4 is 10.2 Å². The molecule has 0 heterocycles. The van der Waals surface area contributed by atoms with Gasteiger partial charge in [-0.05, 0) is 30.2 Å². The number of alkyl halides is 2. The molecule has 0 saturated carbocycles. The van der Waals surface area contributed by atoms with Crippen LogP contribution in [0.1, 0.15) is 11.1 Å². The van der Waals surface area contributed by atoms with Crippen molar-refractivity contribution in [3.05, 3.63) is 29.3 Å². The van der Waals surface area contributed by atoms with Gasteiger partial charge < -0.3 is 15.0 Å². The summed E-state index contributed by atoms with van der Waals surface area (Å²) in [4.78, 5) is 1.57. The van der Waals surface area contributed by atoms with Crippen LogP contribution in [0.25, 0.3) is 0 Å². The molecule has 0 aliphatic heterocycles. The lowest BCUT2D eigenvalue weighted by atomic mass is 10.1. The van der Waals surface area contributed by atoms with E-state index in [2.05, 4.69) is 5.32 Å². The monoisotopic (exact) mass is 272 g/mol. The minimum atomic E-state index is -2.32. The molecule has 19 heavy (non-hydrogen) atoms. The third kappa shape index (κ3) is 5.53. The number of hydrogen-bond donors (Lipinski definition) is 1. The zero-order chi connectivity index (χ0) is 14.3. The smallest absolute Gasteiger partial charge is 0.255 e. The first-order chi connectivity index (χ1) is 9.04. The number of rotatable bonds is 8. The number of nitrogens with zero attached hydrogens (tertiary/aromatic N) is 1. The lowest BCUT2D eigenvalue weighted by molar-refractivity contribution is 0.156. The summed E-state index contributed by atoms with van der Waals surface area (Å²) in [6.45, 7) is 3.98. The SMILES string of the molecule is COCCNCc1ccc(N(C)CC(F)F)cc1C. The number of benzene rings is 1. The van der Waals surface area contributed by atoms with E-state index < -0.39 is 6.43 Å². The number of methoxy groups -OCH3 is 1. The van der Waals surface area contributed by atoms with Gasteiger partial charge in [0, 0.05) is 32.9 Å². The molecule has 0 unspecified atom stereocenters. The van der Waals surface area contributed by atoms with Crippen LogP contribution in [0.15, 0.2) is 18.2 Å². The van der Waals surface area contributed by atoms with Gasteiger partial charge in [0.05, 0.1) is 13.2 Å². The van der Waals surface area contributed by atoms with Crippen molar-refractivity contribution in [2.75, 3.05) is 38.8 Å². The highest BCUT2D eigenvalue weighted by atomic mass is 19.3. The van der Waals surface area contributed by atoms with Gasteiger partial charge in [0.15, 0.2) is 0 Å². The fourth-order valence-electron chi connectivity index (χ4n) is 1.83. The molecule has 108 valence electrons. The molecule has 0 aliphatic carbocycles. The number of anilines is 1. The molecule has 0 aromatic heterocycles. The summed E-state index contributed by atoms with van der Waals surface area (Å²) in [5, 5.41) is 3.27. The molecule has 0 atom stereocenters. The molecule has 0 amide bonds. The Balaban J connectivity index is 2.58. The van der Waals surface area contributed by atoms with Gasteiger partial charge >= 0.3 is 0 Å². The highest BCUT2D eigenvalue weighted by Gasteiger charge is 2.09. The van der Waals surface area contributed by atoms with Crippen molar-refractivity contribution < 1.29 is 13.5 Å². The zero-order valence-electron chi connectivity index (χ0n) is 11.7. The third-order valence-electron chi connectivity index (χ3n) is 2.98. The van der Waals surface area contributed by atoms with Crippen LogP contribution >= 0.6 is 0 Å². The molecule has 0 saturated heterocycles. The Morgan fingerprint density at radius 3 is 2.68 bits per heavy atom. The van der Waals surface area contributed by atoms with Gasteiger partial charge in [-0.25, -0.2) is 8.78 Å². The van der Waals surface area contributed by atoms with Crippen LogP contribution in [0.2, 0.25) is 0 Å². The quantitative estimate of drug-likeness (QED) is 0.736. The molecule has 5 heteroatoms. The summed E-state index contributed by atoms with van der Waals surface area (Å²) in [6.07, 6.45) is -2.32. The molecule has 0 spiro atoms. The Hall–Kier alpha value is -1.20. The summed E-state index contributed by atoms with van der Waals surface area (Å²) in [5.74, 6) is 0. The van der Waals surface area contributed by atoms with Crippen molar-refractivity contribution in [3.63, 3.8) is 0 Å². The van der Waals surface area contributed by atoms with Crippen LogP contribution in [0.5, 0.6) is 0 Å². The van der Waals surface area contributed by atoms with E-state index in [0.29, 0.717) is 6.61 Å². The average Bonchev–Trinajstić information content (AvgIpc) is 2.35. The van der Waals surface area contributed by atoms with Crippen LogP contribution in [-0.4, -0.2) is 40.3 Å². The van der Waals surface area contributed by atoms with Crippen molar-refractivity contribution in [1.82, 2.24) is 5.32 Å². The number of halogens is 2. The van der Waals surface area contributed by atoms with Crippen molar-refractivity contribution in [2.24, 2.45) is 0 Å². The van der Waals surface area contributed by atoms with Crippen molar-refractivity contribution in [3.8, 4) is 0 Å². The van der Waals surface area contributed by atoms with Gasteiger partial charge in [-0.15, -0.1) is 0 Å². The van der Waals surface area contributed by atoms with Crippen LogP contribution in [0.4, 0.5) is 14.5 Å². The van der Waals surface area contributed by atoms with Gasteiger partial charge in [-0.1, -0.05) is 6.07 Å². The third-order valence-corrected chi connectivity index (χ3v) is 2.98. The Morgan fingerprint density at radius 2 is 2.11 bits per heavy atom. The summed E-state index contributed by atoms with van der Waals surface area (Å²) in [5.41, 5.74) is 3.09. The molecule has 0 aliphatic rings. The lowest BCUT2D eigenvalue weighted by Crippen LogP contribution is -2.24. The van der Waals surface area contributed by atoms with Crippen LogP contribution in [-0.2, 0) is 11.3 Å². The molecule has 0 bridgehead atoms. The first-order valence-corrected chi connectivity index (χ1v) is 6.33. The Kier molecular flexibility index (Phi) is 6.73. The highest BCUT2D eigenvalue weighted by Crippen LogP contribution is 2.19. The Bertz CT molecular complexity index is 386. The average molecular weight is 272 g/mol. The highest BCUT2D eigenvalue weighted by molar-refractivity contribution is 5.50. The van der Waals surface area contributed by atoms with E-state index in [9.17, 15) is 8.78 Å². The molecule has 1 aromatic carbocycles. The number of ether oxygens (including phenoxy) is 1. The number of nitrogens with one attached hydrogen (secondary N) is 1. The fourth-order valence-corrected chi connectivity index (χ4v) is 1.83. The Labute approximate surface area is 113 Å². The van der Waals surface area contributed by atoms with Crippen LogP contribution in [0, 0.1) is 6.92 Å². The predicted octanol–water partition coefficient (Wildman–Crippen LogP) is 2.43. The molecular formula is C14H22F2N2O. The summed E-state index contributed by atoms with van der Waals surface area (Å²) >= 11 is 0. The van der Waals surface area contributed by atoms with Crippen LogP contribution in [0.3, 0.4) is 0 Å². The number of hydrogen-bond acceptors (Lipinski definition) is 3. The van der Waals surface area contributed by atoms with Crippen molar-refractivity contribution in [2.45, 2.75) is 19.9 Å². The van der Waals surface area contributed by atoms with Gasteiger partial charge in [-0.2, -0.15) is 0 Å². The molecule has 1 N–H and O–H groups in total. The van der Waals surface area contributed by atoms with E-state index in [4.69, 9.17) is 4.74 Å². The molecule has 1 rings (SSSR count). The molecular weight excluding hydrogens is 250 g/mol. The van der Waals surface area contributed by atoms with Gasteiger partial charge in [0.2, 0.25) is 0 Å². The second-order valence-corrected chi connectivity index (χ2v) is 4.55. The van der Waals surface area contributed by atoms with Crippen molar-refractivity contribution >= 4 is 5.69 Å². The van der Waals surface area contributed by atoms with E-state index in [0.717, 1.165) is 24.3 Å². The summed E-state index contributed by atoms with van der Waals surface area (Å²) in [7, 11) is 3.35. The fraction of sp³-hybridized carbons (Fsp3) is 0.571. The Morgan fingerprint density at radius 1 is 1.37 bits per heavy atom. The van der Waals surface area contributed by atoms with E-state index in [1.165, 1.54) is 5.56 Å². The van der Waals surface area contributed by atoms with Gasteiger partial charge in [0.1, 0.15) is 0 Å². The van der Waals surface area contributed by atoms with Gasteiger partial charge in [-0.3, -0.25) is 0 Å². The normalized spacial score (nSPS) is 11.1. The first-order valence-electron chi connectivity index (χ1n) is 6.33. The summed E-state index contributed by atoms with van der Waals surface area (Å²) in [6, 6.07) is 5.80. The molecule has 0 radical (unpaired) electrons.